The van der Waals surface area contributed by atoms with Crippen LogP contribution in [0.25, 0.3) is 6.08 Å². The van der Waals surface area contributed by atoms with Crippen LogP contribution in [0.2, 0.25) is 0 Å². The largest absolute Gasteiger partial charge is 0.370 e. The number of rotatable bonds is 6. The minimum atomic E-state index is -0.0773. The third kappa shape index (κ3) is 5.80. The molecule has 1 saturated heterocycles. The summed E-state index contributed by atoms with van der Waals surface area (Å²) in [4.78, 5) is 13.9. The smallest absolute Gasteiger partial charge is 0.244 e. The molecule has 0 spiro atoms. The predicted molar refractivity (Wildman–Crippen MR) is 107 cm³/mol. The highest BCUT2D eigenvalue weighted by Gasteiger charge is 2.22. The van der Waals surface area contributed by atoms with E-state index in [0.29, 0.717) is 0 Å². The average molecular weight is 416 g/mol. The van der Waals surface area contributed by atoms with E-state index in [-0.39, 0.29) is 11.9 Å². The summed E-state index contributed by atoms with van der Waals surface area (Å²) >= 11 is 3.45. The molecule has 2 aromatic rings. The molecule has 0 aliphatic carbocycles. The first kappa shape index (κ1) is 18.8. The van der Waals surface area contributed by atoms with Gasteiger partial charge >= 0.3 is 0 Å². The number of nitrogens with one attached hydrogen (secondary N) is 2. The lowest BCUT2D eigenvalue weighted by Crippen LogP contribution is -3.14. The van der Waals surface area contributed by atoms with Crippen molar-refractivity contribution in [2.75, 3.05) is 32.8 Å². The number of benzene rings is 2. The fraction of sp³-hybridized carbons (Fsp3) is 0.286. The Kier molecular flexibility index (Phi) is 7.00. The summed E-state index contributed by atoms with van der Waals surface area (Å²) in [5.41, 5.74) is 2.13. The lowest BCUT2D eigenvalue weighted by molar-refractivity contribution is -0.909. The number of morpholine rings is 1. The van der Waals surface area contributed by atoms with Gasteiger partial charge in [0.25, 0.3) is 0 Å². The molecule has 0 unspecified atom stereocenters. The molecule has 1 atom stereocenters. The van der Waals surface area contributed by atoms with Crippen LogP contribution in [-0.2, 0) is 9.53 Å². The van der Waals surface area contributed by atoms with Crippen LogP contribution >= 0.6 is 15.9 Å². The van der Waals surface area contributed by atoms with E-state index in [1.165, 1.54) is 4.90 Å². The maximum absolute atomic E-state index is 12.5. The Bertz CT molecular complexity index is 743. The van der Waals surface area contributed by atoms with E-state index in [2.05, 4.69) is 33.4 Å². The molecule has 26 heavy (non-hydrogen) atoms. The number of hydrogen-bond donors (Lipinski definition) is 2. The molecule has 136 valence electrons. The Hall–Kier alpha value is -1.95. The molecule has 4 nitrogen and oxygen atoms in total. The summed E-state index contributed by atoms with van der Waals surface area (Å²) in [7, 11) is 0. The first-order valence-electron chi connectivity index (χ1n) is 8.91. The zero-order valence-electron chi connectivity index (χ0n) is 14.7. The Morgan fingerprint density at radius 2 is 1.92 bits per heavy atom. The van der Waals surface area contributed by atoms with E-state index in [1.807, 2.05) is 48.5 Å². The first-order valence-corrected chi connectivity index (χ1v) is 9.70. The van der Waals surface area contributed by atoms with E-state index in [9.17, 15) is 4.79 Å². The van der Waals surface area contributed by atoms with Crippen molar-refractivity contribution >= 4 is 27.9 Å². The Balaban J connectivity index is 1.67. The van der Waals surface area contributed by atoms with Crippen LogP contribution in [0.5, 0.6) is 0 Å². The van der Waals surface area contributed by atoms with E-state index in [0.717, 1.165) is 48.4 Å². The highest BCUT2D eigenvalue weighted by atomic mass is 79.9. The number of amides is 1. The van der Waals surface area contributed by atoms with Crippen LogP contribution in [0.4, 0.5) is 0 Å². The predicted octanol–water partition coefficient (Wildman–Crippen LogP) is 2.23. The van der Waals surface area contributed by atoms with Crippen LogP contribution in [0.1, 0.15) is 17.2 Å². The summed E-state index contributed by atoms with van der Waals surface area (Å²) in [6.07, 6.45) is 3.44. The monoisotopic (exact) mass is 415 g/mol. The molecular formula is C21H24BrN2O2+. The van der Waals surface area contributed by atoms with Gasteiger partial charge in [-0.1, -0.05) is 58.4 Å². The maximum Gasteiger partial charge on any atom is 0.244 e. The van der Waals surface area contributed by atoms with Gasteiger partial charge in [0.1, 0.15) is 25.7 Å². The van der Waals surface area contributed by atoms with E-state index < -0.39 is 0 Å². The SMILES string of the molecule is O=C(/C=C/c1cccc(Br)c1)N[C@@H](C[NH+]1CCOCC1)c1ccccc1. The minimum Gasteiger partial charge on any atom is -0.370 e. The number of carbonyl (C=O) groups excluding carboxylic acids is 1. The molecule has 5 heteroatoms. The second-order valence-corrected chi connectivity index (χ2v) is 7.34. The standard InChI is InChI=1S/C21H23BrN2O2/c22-19-8-4-5-17(15-19)9-10-21(25)23-20(18-6-2-1-3-7-18)16-24-11-13-26-14-12-24/h1-10,15,20H,11-14,16H2,(H,23,25)/p+1/b10-9+/t20-/m0/s1. The number of halogens is 1. The third-order valence-electron chi connectivity index (χ3n) is 4.49. The maximum atomic E-state index is 12.5. The lowest BCUT2D eigenvalue weighted by atomic mass is 10.1. The van der Waals surface area contributed by atoms with E-state index in [4.69, 9.17) is 4.74 Å². The molecular weight excluding hydrogens is 392 g/mol. The van der Waals surface area contributed by atoms with Crippen molar-refractivity contribution in [1.82, 2.24) is 5.32 Å². The summed E-state index contributed by atoms with van der Waals surface area (Å²) in [5, 5.41) is 3.17. The fourth-order valence-electron chi connectivity index (χ4n) is 3.09. The molecule has 3 rings (SSSR count). The molecule has 1 heterocycles. The van der Waals surface area contributed by atoms with Crippen molar-refractivity contribution in [3.8, 4) is 0 Å². The molecule has 1 fully saturated rings. The number of quaternary nitrogens is 1. The van der Waals surface area contributed by atoms with Crippen LogP contribution in [0.15, 0.2) is 65.1 Å². The molecule has 2 N–H and O–H groups in total. The summed E-state index contributed by atoms with van der Waals surface area (Å²) in [6, 6.07) is 18.0. The minimum absolute atomic E-state index is 0.0102. The molecule has 1 aliphatic rings. The van der Waals surface area contributed by atoms with Gasteiger partial charge in [-0.05, 0) is 29.3 Å². The van der Waals surface area contributed by atoms with E-state index >= 15 is 0 Å². The Morgan fingerprint density at radius 3 is 2.65 bits per heavy atom. The van der Waals surface area contributed by atoms with Crippen molar-refractivity contribution in [3.63, 3.8) is 0 Å². The topological polar surface area (TPSA) is 42.8 Å². The number of carbonyl (C=O) groups is 1. The van der Waals surface area contributed by atoms with Gasteiger partial charge in [0.2, 0.25) is 5.91 Å². The van der Waals surface area contributed by atoms with Crippen molar-refractivity contribution in [2.24, 2.45) is 0 Å². The molecule has 0 aromatic heterocycles. The van der Waals surface area contributed by atoms with Gasteiger partial charge in [0.15, 0.2) is 0 Å². The van der Waals surface area contributed by atoms with Crippen molar-refractivity contribution < 1.29 is 14.4 Å². The van der Waals surface area contributed by atoms with Gasteiger partial charge in [-0.3, -0.25) is 4.79 Å². The second kappa shape index (κ2) is 9.67. The lowest BCUT2D eigenvalue weighted by Gasteiger charge is -2.28. The van der Waals surface area contributed by atoms with E-state index in [1.54, 1.807) is 6.08 Å². The highest BCUT2D eigenvalue weighted by molar-refractivity contribution is 9.10. The Morgan fingerprint density at radius 1 is 1.15 bits per heavy atom. The Labute approximate surface area is 163 Å². The second-order valence-electron chi connectivity index (χ2n) is 6.43. The first-order chi connectivity index (χ1) is 12.7. The van der Waals surface area contributed by atoms with Gasteiger partial charge in [-0.2, -0.15) is 0 Å². The van der Waals surface area contributed by atoms with Gasteiger partial charge in [-0.15, -0.1) is 0 Å². The quantitative estimate of drug-likeness (QED) is 0.710. The van der Waals surface area contributed by atoms with Gasteiger partial charge in [-0.25, -0.2) is 0 Å². The number of ether oxygens (including phenoxy) is 1. The highest BCUT2D eigenvalue weighted by Crippen LogP contribution is 2.13. The fourth-order valence-corrected chi connectivity index (χ4v) is 3.51. The van der Waals surface area contributed by atoms with Crippen LogP contribution in [0, 0.1) is 0 Å². The zero-order chi connectivity index (χ0) is 18.2. The van der Waals surface area contributed by atoms with Gasteiger partial charge in [0.05, 0.1) is 13.2 Å². The number of hydrogen-bond acceptors (Lipinski definition) is 2. The molecule has 0 saturated carbocycles. The molecule has 2 aromatic carbocycles. The third-order valence-corrected chi connectivity index (χ3v) is 4.98. The van der Waals surface area contributed by atoms with Crippen molar-refractivity contribution in [2.45, 2.75) is 6.04 Å². The molecule has 1 aliphatic heterocycles. The normalized spacial score (nSPS) is 16.5. The summed E-state index contributed by atoms with van der Waals surface area (Å²) in [5.74, 6) is -0.0773. The van der Waals surface area contributed by atoms with Crippen LogP contribution in [0.3, 0.4) is 0 Å². The summed E-state index contributed by atoms with van der Waals surface area (Å²) in [6.45, 7) is 4.39. The van der Waals surface area contributed by atoms with Crippen molar-refractivity contribution in [1.29, 1.82) is 0 Å². The average Bonchev–Trinajstić information content (AvgIpc) is 2.67. The molecule has 0 radical (unpaired) electrons. The molecule has 1 amide bonds. The van der Waals surface area contributed by atoms with Gasteiger partial charge in [0, 0.05) is 10.5 Å². The summed E-state index contributed by atoms with van der Waals surface area (Å²) < 4.78 is 6.44. The molecule has 0 bridgehead atoms. The van der Waals surface area contributed by atoms with Crippen molar-refractivity contribution in [3.05, 3.63) is 76.3 Å². The van der Waals surface area contributed by atoms with Crippen LogP contribution < -0.4 is 10.2 Å². The van der Waals surface area contributed by atoms with Gasteiger partial charge < -0.3 is 15.0 Å². The zero-order valence-corrected chi connectivity index (χ0v) is 16.2. The van der Waals surface area contributed by atoms with Crippen LogP contribution in [-0.4, -0.2) is 38.8 Å².